The minimum atomic E-state index is -4.56. The normalized spacial score (nSPS) is 21.1. The van der Waals surface area contributed by atoms with Crippen molar-refractivity contribution in [2.24, 2.45) is 17.8 Å². The van der Waals surface area contributed by atoms with Crippen LogP contribution in [0.4, 0.5) is 18.9 Å². The number of nitriles is 1. The van der Waals surface area contributed by atoms with Gasteiger partial charge in [0.15, 0.2) is 6.61 Å². The summed E-state index contributed by atoms with van der Waals surface area (Å²) < 4.78 is 41.9. The van der Waals surface area contributed by atoms with E-state index in [4.69, 9.17) is 0 Å². The number of imide groups is 1. The molecule has 0 aromatic heterocycles. The Labute approximate surface area is 189 Å². The van der Waals surface area contributed by atoms with Crippen LogP contribution in [0.3, 0.4) is 0 Å². The summed E-state index contributed by atoms with van der Waals surface area (Å²) in [6.45, 7) is 2.17. The van der Waals surface area contributed by atoms with Gasteiger partial charge in [0.1, 0.15) is 17.9 Å². The van der Waals surface area contributed by atoms with Crippen molar-refractivity contribution in [3.8, 4) is 11.8 Å². The van der Waals surface area contributed by atoms with Crippen LogP contribution in [0, 0.1) is 29.1 Å². The van der Waals surface area contributed by atoms with Crippen LogP contribution in [0.5, 0.6) is 5.75 Å². The lowest BCUT2D eigenvalue weighted by molar-refractivity contribution is -0.153. The first-order chi connectivity index (χ1) is 15.5. The molecule has 7 nitrogen and oxygen atoms in total. The van der Waals surface area contributed by atoms with Gasteiger partial charge in [0.2, 0.25) is 17.7 Å². The van der Waals surface area contributed by atoms with Crippen LogP contribution in [0.2, 0.25) is 0 Å². The third-order valence-electron chi connectivity index (χ3n) is 5.61. The summed E-state index contributed by atoms with van der Waals surface area (Å²) in [5, 5.41) is 11.9. The molecule has 3 amide bonds. The van der Waals surface area contributed by atoms with Crippen LogP contribution < -0.4 is 10.1 Å². The SMILES string of the molecule is CC(C)CC(C(=O)Nc1ccc(OCC(F)(F)F)c(C#N)c1)N1C(=O)C2CC=CCC2C1=O. The number of nitrogens with one attached hydrogen (secondary N) is 1. The summed E-state index contributed by atoms with van der Waals surface area (Å²) in [5.41, 5.74) is -0.0503. The Bertz CT molecular complexity index is 987. The number of benzene rings is 1. The Morgan fingerprint density at radius 1 is 1.21 bits per heavy atom. The van der Waals surface area contributed by atoms with Crippen LogP contribution in [0.25, 0.3) is 0 Å². The number of allylic oxidation sites excluding steroid dienone is 2. The summed E-state index contributed by atoms with van der Waals surface area (Å²) in [6, 6.07) is 4.35. The van der Waals surface area contributed by atoms with Gasteiger partial charge in [-0.05, 0) is 43.4 Å². The third-order valence-corrected chi connectivity index (χ3v) is 5.61. The van der Waals surface area contributed by atoms with Crippen LogP contribution >= 0.6 is 0 Å². The van der Waals surface area contributed by atoms with Crippen LogP contribution in [-0.4, -0.2) is 41.4 Å². The molecule has 33 heavy (non-hydrogen) atoms. The van der Waals surface area contributed by atoms with Crippen LogP contribution in [0.15, 0.2) is 30.4 Å². The molecule has 1 heterocycles. The first kappa shape index (κ1) is 24.3. The molecule has 3 atom stereocenters. The van der Waals surface area contributed by atoms with Gasteiger partial charge in [-0.25, -0.2) is 0 Å². The number of likely N-dealkylation sites (tertiary alicyclic amines) is 1. The van der Waals surface area contributed by atoms with Crippen molar-refractivity contribution < 1.29 is 32.3 Å². The lowest BCUT2D eigenvalue weighted by Crippen LogP contribution is -2.48. The highest BCUT2D eigenvalue weighted by molar-refractivity contribution is 6.10. The highest BCUT2D eigenvalue weighted by atomic mass is 19.4. The zero-order valence-electron chi connectivity index (χ0n) is 18.2. The predicted molar refractivity (Wildman–Crippen MR) is 112 cm³/mol. The maximum Gasteiger partial charge on any atom is 0.422 e. The van der Waals surface area contributed by atoms with Gasteiger partial charge in [0, 0.05) is 5.69 Å². The molecule has 176 valence electrons. The minimum Gasteiger partial charge on any atom is -0.483 e. The fourth-order valence-corrected chi connectivity index (χ4v) is 4.12. The average Bonchev–Trinajstić information content (AvgIpc) is 3.00. The molecular weight excluding hydrogens is 439 g/mol. The van der Waals surface area contributed by atoms with E-state index in [1.165, 1.54) is 12.1 Å². The quantitative estimate of drug-likeness (QED) is 0.490. The number of amides is 3. The first-order valence-corrected chi connectivity index (χ1v) is 10.6. The fraction of sp³-hybridized carbons (Fsp3) is 0.478. The zero-order valence-corrected chi connectivity index (χ0v) is 18.2. The standard InChI is InChI=1S/C23H24F3N3O4/c1-13(2)9-18(29-21(31)16-5-3-4-6-17(16)22(29)32)20(30)28-15-7-8-19(14(10-15)11-27)33-12-23(24,25)26/h3-4,7-8,10,13,16-18H,5-6,9,12H2,1-2H3,(H,28,30). The second-order valence-electron chi connectivity index (χ2n) is 8.56. The van der Waals surface area contributed by atoms with Gasteiger partial charge in [-0.1, -0.05) is 26.0 Å². The molecule has 1 N–H and O–H groups in total. The lowest BCUT2D eigenvalue weighted by atomic mass is 9.85. The second-order valence-corrected chi connectivity index (χ2v) is 8.56. The van der Waals surface area contributed by atoms with E-state index in [9.17, 15) is 32.8 Å². The molecule has 10 heteroatoms. The van der Waals surface area contributed by atoms with Crippen molar-refractivity contribution in [1.29, 1.82) is 5.26 Å². The summed E-state index contributed by atoms with van der Waals surface area (Å²) in [5.74, 6) is -2.57. The molecule has 0 radical (unpaired) electrons. The average molecular weight is 463 g/mol. The number of fused-ring (bicyclic) bond motifs is 1. The maximum absolute atomic E-state index is 13.1. The Morgan fingerprint density at radius 3 is 2.33 bits per heavy atom. The Kier molecular flexibility index (Phi) is 7.10. The Morgan fingerprint density at radius 2 is 1.82 bits per heavy atom. The van der Waals surface area contributed by atoms with Crippen molar-refractivity contribution in [1.82, 2.24) is 4.90 Å². The number of anilines is 1. The summed E-state index contributed by atoms with van der Waals surface area (Å²) in [6.07, 6.45) is 0.303. The Balaban J connectivity index is 1.80. The summed E-state index contributed by atoms with van der Waals surface area (Å²) in [4.78, 5) is 40.1. The molecule has 1 aromatic carbocycles. The first-order valence-electron chi connectivity index (χ1n) is 10.6. The molecule has 0 bridgehead atoms. The van der Waals surface area contributed by atoms with Crippen molar-refractivity contribution >= 4 is 23.4 Å². The van der Waals surface area contributed by atoms with E-state index >= 15 is 0 Å². The fourth-order valence-electron chi connectivity index (χ4n) is 4.12. The number of rotatable bonds is 7. The van der Waals surface area contributed by atoms with E-state index in [1.807, 2.05) is 26.0 Å². The number of nitrogens with zero attached hydrogens (tertiary/aromatic N) is 2. The predicted octanol–water partition coefficient (Wildman–Crippen LogP) is 3.80. The smallest absolute Gasteiger partial charge is 0.422 e. The molecule has 0 saturated carbocycles. The van der Waals surface area contributed by atoms with E-state index in [0.717, 1.165) is 11.0 Å². The molecule has 1 aliphatic heterocycles. The molecular formula is C23H24F3N3O4. The number of halogens is 3. The van der Waals surface area contributed by atoms with Crippen LogP contribution in [-0.2, 0) is 14.4 Å². The lowest BCUT2D eigenvalue weighted by Gasteiger charge is -2.27. The van der Waals surface area contributed by atoms with E-state index in [2.05, 4.69) is 10.1 Å². The number of carbonyl (C=O) groups excluding carboxylic acids is 3. The van der Waals surface area contributed by atoms with E-state index in [-0.39, 0.29) is 41.2 Å². The molecule has 1 saturated heterocycles. The van der Waals surface area contributed by atoms with Gasteiger partial charge in [-0.15, -0.1) is 0 Å². The molecule has 3 unspecified atom stereocenters. The Hall–Kier alpha value is -3.35. The number of hydrogen-bond acceptors (Lipinski definition) is 5. The molecule has 2 aliphatic rings. The van der Waals surface area contributed by atoms with E-state index < -0.39 is 36.6 Å². The number of hydrogen-bond donors (Lipinski definition) is 1. The van der Waals surface area contributed by atoms with Crippen molar-refractivity contribution in [2.75, 3.05) is 11.9 Å². The number of ether oxygens (including phenoxy) is 1. The third kappa shape index (κ3) is 5.53. The summed E-state index contributed by atoms with van der Waals surface area (Å²) in [7, 11) is 0. The van der Waals surface area contributed by atoms with Crippen molar-refractivity contribution in [2.45, 2.75) is 45.3 Å². The van der Waals surface area contributed by atoms with Gasteiger partial charge in [-0.3, -0.25) is 19.3 Å². The number of carbonyl (C=O) groups is 3. The zero-order chi connectivity index (χ0) is 24.3. The minimum absolute atomic E-state index is 0.00471. The monoisotopic (exact) mass is 463 g/mol. The van der Waals surface area contributed by atoms with Crippen molar-refractivity contribution in [3.63, 3.8) is 0 Å². The van der Waals surface area contributed by atoms with Crippen LogP contribution in [0.1, 0.15) is 38.7 Å². The highest BCUT2D eigenvalue weighted by Crippen LogP contribution is 2.37. The van der Waals surface area contributed by atoms with Gasteiger partial charge in [-0.2, -0.15) is 18.4 Å². The van der Waals surface area contributed by atoms with Gasteiger partial charge in [0.25, 0.3) is 0 Å². The molecule has 0 spiro atoms. The largest absolute Gasteiger partial charge is 0.483 e. The van der Waals surface area contributed by atoms with Gasteiger partial charge >= 0.3 is 6.18 Å². The highest BCUT2D eigenvalue weighted by Gasteiger charge is 2.51. The van der Waals surface area contributed by atoms with E-state index in [1.54, 1.807) is 6.07 Å². The molecule has 1 aromatic rings. The van der Waals surface area contributed by atoms with E-state index in [0.29, 0.717) is 12.8 Å². The summed E-state index contributed by atoms with van der Waals surface area (Å²) >= 11 is 0. The maximum atomic E-state index is 13.1. The molecule has 1 aliphatic carbocycles. The topological polar surface area (TPSA) is 99.5 Å². The number of alkyl halides is 3. The second kappa shape index (κ2) is 9.65. The van der Waals surface area contributed by atoms with Gasteiger partial charge in [0.05, 0.1) is 17.4 Å². The van der Waals surface area contributed by atoms with Gasteiger partial charge < -0.3 is 10.1 Å². The van der Waals surface area contributed by atoms with Crippen molar-refractivity contribution in [3.05, 3.63) is 35.9 Å². The molecule has 1 fully saturated rings. The molecule has 3 rings (SSSR count).